The van der Waals surface area contributed by atoms with E-state index in [1.165, 1.54) is 6.07 Å². The van der Waals surface area contributed by atoms with Crippen molar-refractivity contribution in [1.82, 2.24) is 0 Å². The molecule has 0 radical (unpaired) electrons. The lowest BCUT2D eigenvalue weighted by Crippen LogP contribution is -2.36. The average molecular weight is 297 g/mol. The molecule has 0 amide bonds. The third kappa shape index (κ3) is 4.05. The Morgan fingerprint density at radius 3 is 2.30 bits per heavy atom. The second kappa shape index (κ2) is 6.03. The van der Waals surface area contributed by atoms with Crippen molar-refractivity contribution >= 4 is 0 Å². The molecule has 0 aliphatic rings. The molecule has 0 spiro atoms. The first-order valence-electron chi connectivity index (χ1n) is 5.44. The van der Waals surface area contributed by atoms with Crippen LogP contribution in [0.3, 0.4) is 0 Å². The minimum absolute atomic E-state index is 0.0446. The molecule has 0 aliphatic carbocycles. The number of halogens is 6. The van der Waals surface area contributed by atoms with Gasteiger partial charge in [-0.3, -0.25) is 0 Å². The Balaban J connectivity index is 2.46. The van der Waals surface area contributed by atoms with Crippen molar-refractivity contribution in [3.05, 3.63) is 29.6 Å². The first-order chi connectivity index (χ1) is 9.17. The van der Waals surface area contributed by atoms with Gasteiger partial charge in [0.05, 0.1) is 12.2 Å². The summed E-state index contributed by atoms with van der Waals surface area (Å²) in [4.78, 5) is 0. The molecule has 0 fully saturated rings. The fourth-order valence-electron chi connectivity index (χ4n) is 1.30. The topological polar surface area (TPSA) is 33.0 Å². The lowest BCUT2D eigenvalue weighted by Gasteiger charge is -2.19. The van der Waals surface area contributed by atoms with E-state index in [1.807, 2.05) is 0 Å². The number of rotatable bonds is 5. The van der Waals surface area contributed by atoms with Crippen molar-refractivity contribution < 1.29 is 31.1 Å². The minimum atomic E-state index is -5.59. The molecule has 0 saturated heterocycles. The molecule has 0 aromatic heterocycles. The zero-order valence-electron chi connectivity index (χ0n) is 9.98. The van der Waals surface area contributed by atoms with Crippen molar-refractivity contribution in [2.24, 2.45) is 0 Å². The molecule has 8 heteroatoms. The second-order valence-electron chi connectivity index (χ2n) is 3.91. The Kier molecular flexibility index (Phi) is 4.87. The van der Waals surface area contributed by atoms with E-state index in [9.17, 15) is 26.3 Å². The summed E-state index contributed by atoms with van der Waals surface area (Å²) in [6.45, 7) is -0.420. The summed E-state index contributed by atoms with van der Waals surface area (Å²) < 4.78 is 78.6. The molecule has 0 saturated carbocycles. The van der Waals surface area contributed by atoms with Gasteiger partial charge in [-0.2, -0.15) is 27.2 Å². The van der Waals surface area contributed by atoms with Crippen molar-refractivity contribution in [2.45, 2.75) is 24.9 Å². The van der Waals surface area contributed by atoms with Crippen LogP contribution in [0, 0.1) is 17.1 Å². The van der Waals surface area contributed by atoms with Crippen molar-refractivity contribution in [2.75, 3.05) is 6.61 Å². The highest BCUT2D eigenvalue weighted by Gasteiger charge is 2.56. The summed E-state index contributed by atoms with van der Waals surface area (Å²) in [6, 6.07) is 4.78. The summed E-state index contributed by atoms with van der Waals surface area (Å²) >= 11 is 0. The van der Waals surface area contributed by atoms with Crippen molar-refractivity contribution in [3.8, 4) is 11.8 Å². The molecule has 0 bridgehead atoms. The van der Waals surface area contributed by atoms with Gasteiger partial charge in [0, 0.05) is 12.5 Å². The number of nitriles is 1. The number of benzene rings is 1. The van der Waals surface area contributed by atoms with Gasteiger partial charge in [0.15, 0.2) is 0 Å². The maximum Gasteiger partial charge on any atom is 0.453 e. The van der Waals surface area contributed by atoms with Crippen LogP contribution < -0.4 is 4.74 Å². The number of ether oxygens (including phenoxy) is 1. The molecule has 1 rings (SSSR count). The van der Waals surface area contributed by atoms with Gasteiger partial charge < -0.3 is 4.74 Å². The molecule has 1 aromatic carbocycles. The van der Waals surface area contributed by atoms with Crippen LogP contribution in [0.4, 0.5) is 26.3 Å². The molecule has 110 valence electrons. The molecule has 2 nitrogen and oxygen atoms in total. The quantitative estimate of drug-likeness (QED) is 0.606. The number of hydrogen-bond donors (Lipinski definition) is 0. The maximum atomic E-state index is 13.1. The highest BCUT2D eigenvalue weighted by atomic mass is 19.4. The van der Waals surface area contributed by atoms with Gasteiger partial charge in [0.2, 0.25) is 0 Å². The zero-order chi connectivity index (χ0) is 15.4. The average Bonchev–Trinajstić information content (AvgIpc) is 2.33. The Morgan fingerprint density at radius 2 is 1.80 bits per heavy atom. The SMILES string of the molecule is N#Cc1ccc(OCCCC(F)(F)C(F)(F)F)cc1F. The van der Waals surface area contributed by atoms with Gasteiger partial charge in [-0.1, -0.05) is 0 Å². The van der Waals surface area contributed by atoms with Gasteiger partial charge in [-0.05, 0) is 18.6 Å². The van der Waals surface area contributed by atoms with Crippen LogP contribution in [-0.2, 0) is 0 Å². The van der Waals surface area contributed by atoms with E-state index in [1.54, 1.807) is 6.07 Å². The summed E-state index contributed by atoms with van der Waals surface area (Å²) in [7, 11) is 0. The molecule has 0 atom stereocenters. The Bertz CT molecular complexity index is 506. The van der Waals surface area contributed by atoms with E-state index in [-0.39, 0.29) is 11.3 Å². The third-order valence-corrected chi connectivity index (χ3v) is 2.38. The highest BCUT2D eigenvalue weighted by Crippen LogP contribution is 2.38. The van der Waals surface area contributed by atoms with E-state index in [0.29, 0.717) is 0 Å². The van der Waals surface area contributed by atoms with Gasteiger partial charge in [0.1, 0.15) is 17.6 Å². The van der Waals surface area contributed by atoms with Crippen molar-refractivity contribution in [3.63, 3.8) is 0 Å². The standard InChI is InChI=1S/C12H9F6NO/c13-10-6-9(3-2-8(10)7-19)20-5-1-4-11(14,15)12(16,17)18/h2-3,6H,1,4-5H2. The molecule has 0 N–H and O–H groups in total. The van der Waals surface area contributed by atoms with E-state index >= 15 is 0 Å². The maximum absolute atomic E-state index is 13.1. The van der Waals surface area contributed by atoms with Gasteiger partial charge in [-0.15, -0.1) is 0 Å². The van der Waals surface area contributed by atoms with Crippen LogP contribution in [0.1, 0.15) is 18.4 Å². The van der Waals surface area contributed by atoms with Crippen LogP contribution in [0.5, 0.6) is 5.75 Å². The molecule has 0 heterocycles. The molecule has 20 heavy (non-hydrogen) atoms. The van der Waals surface area contributed by atoms with Gasteiger partial charge >= 0.3 is 12.1 Å². The minimum Gasteiger partial charge on any atom is -0.493 e. The Hall–Kier alpha value is -1.91. The predicted molar refractivity (Wildman–Crippen MR) is 56.8 cm³/mol. The lowest BCUT2D eigenvalue weighted by atomic mass is 10.2. The van der Waals surface area contributed by atoms with Crippen LogP contribution >= 0.6 is 0 Å². The Morgan fingerprint density at radius 1 is 1.15 bits per heavy atom. The zero-order valence-corrected chi connectivity index (χ0v) is 9.98. The van der Waals surface area contributed by atoms with Crippen LogP contribution in [0.15, 0.2) is 18.2 Å². The third-order valence-electron chi connectivity index (χ3n) is 2.38. The normalized spacial score (nSPS) is 12.1. The number of nitrogens with zero attached hydrogens (tertiary/aromatic N) is 1. The van der Waals surface area contributed by atoms with Gasteiger partial charge in [-0.25, -0.2) is 4.39 Å². The predicted octanol–water partition coefficient (Wildman–Crippen LogP) is 4.05. The van der Waals surface area contributed by atoms with Crippen LogP contribution in [-0.4, -0.2) is 18.7 Å². The largest absolute Gasteiger partial charge is 0.493 e. The van der Waals surface area contributed by atoms with Crippen LogP contribution in [0.25, 0.3) is 0 Å². The smallest absolute Gasteiger partial charge is 0.453 e. The number of hydrogen-bond acceptors (Lipinski definition) is 2. The van der Waals surface area contributed by atoms with Gasteiger partial charge in [0.25, 0.3) is 0 Å². The highest BCUT2D eigenvalue weighted by molar-refractivity contribution is 5.36. The fourth-order valence-corrected chi connectivity index (χ4v) is 1.30. The first kappa shape index (κ1) is 16.1. The molecule has 0 unspecified atom stereocenters. The number of alkyl halides is 5. The molecule has 1 aromatic rings. The van der Waals surface area contributed by atoms with E-state index in [4.69, 9.17) is 10.00 Å². The van der Waals surface area contributed by atoms with Crippen molar-refractivity contribution in [1.29, 1.82) is 5.26 Å². The van der Waals surface area contributed by atoms with Crippen LogP contribution in [0.2, 0.25) is 0 Å². The molecule has 0 aliphatic heterocycles. The second-order valence-corrected chi connectivity index (χ2v) is 3.91. The van der Waals surface area contributed by atoms with E-state index in [2.05, 4.69) is 0 Å². The summed E-state index contributed by atoms with van der Waals surface area (Å²) in [5, 5.41) is 8.47. The summed E-state index contributed by atoms with van der Waals surface area (Å²) in [5.74, 6) is -5.67. The Labute approximate surface area is 110 Å². The fraction of sp³-hybridized carbons (Fsp3) is 0.417. The van der Waals surface area contributed by atoms with E-state index < -0.39 is 37.4 Å². The molecular formula is C12H9F6NO. The molecular weight excluding hydrogens is 288 g/mol. The lowest BCUT2D eigenvalue weighted by molar-refractivity contribution is -0.284. The monoisotopic (exact) mass is 297 g/mol. The first-order valence-corrected chi connectivity index (χ1v) is 5.44. The van der Waals surface area contributed by atoms with E-state index in [0.717, 1.165) is 12.1 Å². The summed E-state index contributed by atoms with van der Waals surface area (Å²) in [5.41, 5.74) is -0.221. The summed E-state index contributed by atoms with van der Waals surface area (Å²) in [6.07, 6.45) is -7.54.